The van der Waals surface area contributed by atoms with Gasteiger partial charge in [-0.3, -0.25) is 0 Å². The van der Waals surface area contributed by atoms with Gasteiger partial charge in [-0.25, -0.2) is 4.79 Å². The molecule has 0 bridgehead atoms. The zero-order valence-electron chi connectivity index (χ0n) is 13.1. The zero-order chi connectivity index (χ0) is 15.2. The molecule has 0 radical (unpaired) electrons. The number of ether oxygens (including phenoxy) is 1. The molecule has 2 N–H and O–H groups in total. The van der Waals surface area contributed by atoms with Crippen molar-refractivity contribution < 1.29 is 9.53 Å². The van der Waals surface area contributed by atoms with Crippen LogP contribution in [0.2, 0.25) is 0 Å². The fourth-order valence-electron chi connectivity index (χ4n) is 3.08. The van der Waals surface area contributed by atoms with Gasteiger partial charge in [0.1, 0.15) is 4.88 Å². The zero-order valence-corrected chi connectivity index (χ0v) is 13.9. The first-order chi connectivity index (χ1) is 9.93. The third kappa shape index (κ3) is 2.76. The standard InChI is InChI=1S/C16H24N2O2S/c1-4-20-15(19)13-12(17)11(10-5-6-10)14(21-13)18-8-7-16(2,3)9-18/h10H,4-9,17H2,1-3H3. The molecule has 0 amide bonds. The maximum Gasteiger partial charge on any atom is 0.350 e. The van der Waals surface area contributed by atoms with E-state index in [0.717, 1.165) is 13.1 Å². The largest absolute Gasteiger partial charge is 0.462 e. The van der Waals surface area contributed by atoms with Crippen molar-refractivity contribution in [3.63, 3.8) is 0 Å². The molecule has 0 atom stereocenters. The average molecular weight is 308 g/mol. The highest BCUT2D eigenvalue weighted by atomic mass is 32.1. The average Bonchev–Trinajstić information content (AvgIpc) is 3.09. The first-order valence-corrected chi connectivity index (χ1v) is 8.59. The Hall–Kier alpha value is -1.23. The summed E-state index contributed by atoms with van der Waals surface area (Å²) in [4.78, 5) is 15.1. The Morgan fingerprint density at radius 3 is 2.71 bits per heavy atom. The van der Waals surface area contributed by atoms with Crippen LogP contribution in [0.3, 0.4) is 0 Å². The van der Waals surface area contributed by atoms with Gasteiger partial charge in [-0.1, -0.05) is 13.8 Å². The maximum atomic E-state index is 12.1. The SMILES string of the molecule is CCOC(=O)c1sc(N2CCC(C)(C)C2)c(C2CC2)c1N. The fourth-order valence-corrected chi connectivity index (χ4v) is 4.31. The van der Waals surface area contributed by atoms with E-state index < -0.39 is 0 Å². The highest BCUT2D eigenvalue weighted by molar-refractivity contribution is 7.18. The van der Waals surface area contributed by atoms with Crippen molar-refractivity contribution in [2.45, 2.75) is 46.0 Å². The van der Waals surface area contributed by atoms with Gasteiger partial charge in [-0.2, -0.15) is 0 Å². The number of anilines is 2. The van der Waals surface area contributed by atoms with Crippen LogP contribution in [0, 0.1) is 5.41 Å². The Balaban J connectivity index is 1.96. The molecule has 0 spiro atoms. The predicted molar refractivity (Wildman–Crippen MR) is 87.3 cm³/mol. The molecule has 1 aromatic rings. The van der Waals surface area contributed by atoms with E-state index in [4.69, 9.17) is 10.5 Å². The van der Waals surface area contributed by atoms with E-state index in [0.29, 0.717) is 28.5 Å². The Labute approximate surface area is 130 Å². The molecule has 2 fully saturated rings. The summed E-state index contributed by atoms with van der Waals surface area (Å²) in [5, 5.41) is 1.21. The van der Waals surface area contributed by atoms with Gasteiger partial charge in [-0.05, 0) is 37.5 Å². The van der Waals surface area contributed by atoms with E-state index in [2.05, 4.69) is 18.7 Å². The number of thiophene rings is 1. The molecule has 1 aromatic heterocycles. The normalized spacial score (nSPS) is 20.8. The molecular formula is C16H24N2O2S. The molecule has 1 aliphatic heterocycles. The number of rotatable bonds is 4. The van der Waals surface area contributed by atoms with Gasteiger partial charge in [0.25, 0.3) is 0 Å². The lowest BCUT2D eigenvalue weighted by atomic mass is 9.93. The number of hydrogen-bond acceptors (Lipinski definition) is 5. The lowest BCUT2D eigenvalue weighted by Crippen LogP contribution is -2.22. The molecule has 5 heteroatoms. The van der Waals surface area contributed by atoms with Crippen molar-refractivity contribution in [1.29, 1.82) is 0 Å². The van der Waals surface area contributed by atoms with Crippen LogP contribution in [-0.4, -0.2) is 25.7 Å². The van der Waals surface area contributed by atoms with Crippen molar-refractivity contribution >= 4 is 28.0 Å². The van der Waals surface area contributed by atoms with Crippen molar-refractivity contribution in [2.75, 3.05) is 30.3 Å². The second-order valence-corrected chi connectivity index (χ2v) is 7.89. The smallest absolute Gasteiger partial charge is 0.350 e. The number of hydrogen-bond donors (Lipinski definition) is 1. The molecule has 116 valence electrons. The molecule has 0 unspecified atom stereocenters. The van der Waals surface area contributed by atoms with Gasteiger partial charge >= 0.3 is 5.97 Å². The molecule has 0 aromatic carbocycles. The van der Waals surface area contributed by atoms with Gasteiger partial charge in [0.2, 0.25) is 0 Å². The van der Waals surface area contributed by atoms with E-state index in [-0.39, 0.29) is 5.97 Å². The van der Waals surface area contributed by atoms with Crippen LogP contribution < -0.4 is 10.6 Å². The van der Waals surface area contributed by atoms with E-state index in [1.165, 1.54) is 41.2 Å². The van der Waals surface area contributed by atoms with Crippen LogP contribution >= 0.6 is 11.3 Å². The van der Waals surface area contributed by atoms with Crippen molar-refractivity contribution in [3.05, 3.63) is 10.4 Å². The number of esters is 1. The predicted octanol–water partition coefficient (Wildman–Crippen LogP) is 3.62. The van der Waals surface area contributed by atoms with Crippen LogP contribution in [0.5, 0.6) is 0 Å². The Morgan fingerprint density at radius 1 is 1.48 bits per heavy atom. The molecule has 1 saturated heterocycles. The van der Waals surface area contributed by atoms with Crippen LogP contribution in [0.1, 0.15) is 61.2 Å². The third-order valence-corrected chi connectivity index (χ3v) is 5.64. The van der Waals surface area contributed by atoms with Gasteiger partial charge in [-0.15, -0.1) is 11.3 Å². The van der Waals surface area contributed by atoms with Crippen molar-refractivity contribution in [3.8, 4) is 0 Å². The minimum Gasteiger partial charge on any atom is -0.462 e. The fraction of sp³-hybridized carbons (Fsp3) is 0.688. The van der Waals surface area contributed by atoms with Crippen molar-refractivity contribution in [2.24, 2.45) is 5.41 Å². The van der Waals surface area contributed by atoms with Gasteiger partial charge in [0.05, 0.1) is 17.3 Å². The third-order valence-electron chi connectivity index (χ3n) is 4.37. The van der Waals surface area contributed by atoms with Gasteiger partial charge in [0.15, 0.2) is 0 Å². The molecular weight excluding hydrogens is 284 g/mol. The quantitative estimate of drug-likeness (QED) is 0.863. The van der Waals surface area contributed by atoms with Crippen LogP contribution in [0.25, 0.3) is 0 Å². The minimum atomic E-state index is -0.272. The summed E-state index contributed by atoms with van der Waals surface area (Å²) < 4.78 is 5.15. The van der Waals surface area contributed by atoms with Crippen LogP contribution in [0.15, 0.2) is 0 Å². The summed E-state index contributed by atoms with van der Waals surface area (Å²) in [6.45, 7) is 8.90. The van der Waals surface area contributed by atoms with Crippen LogP contribution in [0.4, 0.5) is 10.7 Å². The molecule has 2 aliphatic rings. The number of carbonyl (C=O) groups is 1. The summed E-state index contributed by atoms with van der Waals surface area (Å²) >= 11 is 1.53. The Kier molecular flexibility index (Phi) is 3.64. The summed E-state index contributed by atoms with van der Waals surface area (Å²) in [5.74, 6) is 0.273. The topological polar surface area (TPSA) is 55.6 Å². The summed E-state index contributed by atoms with van der Waals surface area (Å²) in [6.07, 6.45) is 3.56. The molecule has 21 heavy (non-hydrogen) atoms. The van der Waals surface area contributed by atoms with E-state index in [1.54, 1.807) is 0 Å². The molecule has 1 aliphatic carbocycles. The summed E-state index contributed by atoms with van der Waals surface area (Å²) in [5.41, 5.74) is 8.51. The van der Waals surface area contributed by atoms with E-state index in [9.17, 15) is 4.79 Å². The molecule has 2 heterocycles. The number of nitrogens with two attached hydrogens (primary N) is 1. The van der Waals surface area contributed by atoms with E-state index in [1.807, 2.05) is 6.92 Å². The summed E-state index contributed by atoms with van der Waals surface area (Å²) in [6, 6.07) is 0. The lowest BCUT2D eigenvalue weighted by Gasteiger charge is -2.21. The van der Waals surface area contributed by atoms with Gasteiger partial charge < -0.3 is 15.4 Å². The lowest BCUT2D eigenvalue weighted by molar-refractivity contribution is 0.0533. The molecule has 4 nitrogen and oxygen atoms in total. The van der Waals surface area contributed by atoms with Crippen LogP contribution in [-0.2, 0) is 4.74 Å². The monoisotopic (exact) mass is 308 g/mol. The molecule has 1 saturated carbocycles. The van der Waals surface area contributed by atoms with E-state index >= 15 is 0 Å². The summed E-state index contributed by atoms with van der Waals surface area (Å²) in [7, 11) is 0. The second-order valence-electron chi connectivity index (χ2n) is 6.89. The highest BCUT2D eigenvalue weighted by Crippen LogP contribution is 2.53. The first kappa shape index (κ1) is 14.7. The minimum absolute atomic E-state index is 0.272. The Morgan fingerprint density at radius 2 is 2.19 bits per heavy atom. The van der Waals surface area contributed by atoms with Gasteiger partial charge in [0, 0.05) is 18.7 Å². The number of nitrogens with zero attached hydrogens (tertiary/aromatic N) is 1. The molecule has 3 rings (SSSR count). The number of carbonyl (C=O) groups excluding carboxylic acids is 1. The first-order valence-electron chi connectivity index (χ1n) is 7.77. The second kappa shape index (κ2) is 5.20. The number of nitrogen functional groups attached to an aromatic ring is 1. The van der Waals surface area contributed by atoms with Crippen molar-refractivity contribution in [1.82, 2.24) is 0 Å². The highest BCUT2D eigenvalue weighted by Gasteiger charge is 2.38. The Bertz CT molecular complexity index is 561. The maximum absolute atomic E-state index is 12.1.